The summed E-state index contributed by atoms with van der Waals surface area (Å²) in [7, 11) is 0. The second-order valence-corrected chi connectivity index (χ2v) is 6.42. The number of ether oxygens (including phenoxy) is 1. The van der Waals surface area contributed by atoms with E-state index >= 15 is 0 Å². The normalized spacial score (nSPS) is 14.7. The lowest BCUT2D eigenvalue weighted by Crippen LogP contribution is -2.36. The van der Waals surface area contributed by atoms with Crippen molar-refractivity contribution in [2.75, 3.05) is 36.5 Å². The minimum Gasteiger partial charge on any atom is -0.378 e. The van der Waals surface area contributed by atoms with Crippen molar-refractivity contribution in [2.24, 2.45) is 0 Å². The van der Waals surface area contributed by atoms with Crippen molar-refractivity contribution in [1.29, 1.82) is 0 Å². The molecular formula is C19H18Cl2N2O2. The van der Waals surface area contributed by atoms with Gasteiger partial charge in [-0.2, -0.15) is 0 Å². The molecule has 4 nitrogen and oxygen atoms in total. The molecule has 1 aliphatic heterocycles. The Kier molecular flexibility index (Phi) is 5.97. The molecule has 130 valence electrons. The number of halogens is 2. The molecule has 0 unspecified atom stereocenters. The third kappa shape index (κ3) is 4.75. The Balaban J connectivity index is 1.62. The molecule has 1 saturated heterocycles. The highest BCUT2D eigenvalue weighted by atomic mass is 35.5. The summed E-state index contributed by atoms with van der Waals surface area (Å²) in [6.45, 7) is 3.25. The summed E-state index contributed by atoms with van der Waals surface area (Å²) in [5, 5.41) is 3.84. The lowest BCUT2D eigenvalue weighted by Gasteiger charge is -2.28. The van der Waals surface area contributed by atoms with Crippen molar-refractivity contribution < 1.29 is 9.53 Å². The molecule has 0 aromatic heterocycles. The summed E-state index contributed by atoms with van der Waals surface area (Å²) < 4.78 is 5.35. The summed E-state index contributed by atoms with van der Waals surface area (Å²) in [4.78, 5) is 14.3. The molecule has 1 heterocycles. The van der Waals surface area contributed by atoms with Crippen LogP contribution >= 0.6 is 23.2 Å². The van der Waals surface area contributed by atoms with Gasteiger partial charge in [-0.1, -0.05) is 29.3 Å². The molecule has 1 amide bonds. The van der Waals surface area contributed by atoms with Crippen LogP contribution in [0.3, 0.4) is 0 Å². The lowest BCUT2D eigenvalue weighted by atomic mass is 10.2. The lowest BCUT2D eigenvalue weighted by molar-refractivity contribution is -0.111. The van der Waals surface area contributed by atoms with E-state index in [9.17, 15) is 4.79 Å². The molecule has 25 heavy (non-hydrogen) atoms. The number of hydrogen-bond donors (Lipinski definition) is 1. The van der Waals surface area contributed by atoms with Crippen molar-refractivity contribution in [3.8, 4) is 0 Å². The zero-order valence-electron chi connectivity index (χ0n) is 13.5. The van der Waals surface area contributed by atoms with Crippen molar-refractivity contribution in [2.45, 2.75) is 0 Å². The van der Waals surface area contributed by atoms with Crippen LogP contribution in [0.2, 0.25) is 10.0 Å². The molecule has 0 spiro atoms. The Morgan fingerprint density at radius 1 is 1.04 bits per heavy atom. The molecule has 2 aromatic carbocycles. The van der Waals surface area contributed by atoms with Gasteiger partial charge in [0.2, 0.25) is 5.91 Å². The second-order valence-electron chi connectivity index (χ2n) is 5.60. The number of morpholine rings is 1. The molecule has 0 bridgehead atoms. The van der Waals surface area contributed by atoms with Crippen molar-refractivity contribution in [1.82, 2.24) is 0 Å². The fourth-order valence-corrected chi connectivity index (χ4v) is 3.11. The van der Waals surface area contributed by atoms with Crippen LogP contribution in [0.1, 0.15) is 5.56 Å². The van der Waals surface area contributed by atoms with Crippen molar-refractivity contribution in [3.05, 3.63) is 64.1 Å². The highest BCUT2D eigenvalue weighted by Crippen LogP contribution is 2.25. The largest absolute Gasteiger partial charge is 0.378 e. The van der Waals surface area contributed by atoms with Gasteiger partial charge in [0.1, 0.15) is 0 Å². The fourth-order valence-electron chi connectivity index (χ4n) is 2.59. The average Bonchev–Trinajstić information content (AvgIpc) is 2.63. The summed E-state index contributed by atoms with van der Waals surface area (Å²) in [5.74, 6) is -0.241. The van der Waals surface area contributed by atoms with E-state index < -0.39 is 0 Å². The minimum absolute atomic E-state index is 0.241. The fraction of sp³-hybridized carbons (Fsp3) is 0.211. The summed E-state index contributed by atoms with van der Waals surface area (Å²) in [6, 6.07) is 13.0. The molecule has 1 aliphatic rings. The number of rotatable bonds is 4. The van der Waals surface area contributed by atoms with Gasteiger partial charge in [0.25, 0.3) is 0 Å². The number of amides is 1. The van der Waals surface area contributed by atoms with E-state index in [1.807, 2.05) is 24.3 Å². The molecule has 1 fully saturated rings. The zero-order chi connectivity index (χ0) is 17.6. The Morgan fingerprint density at radius 2 is 1.68 bits per heavy atom. The van der Waals surface area contributed by atoms with E-state index in [-0.39, 0.29) is 5.91 Å². The number of carbonyl (C=O) groups is 1. The van der Waals surface area contributed by atoms with Crippen LogP contribution < -0.4 is 10.2 Å². The van der Waals surface area contributed by atoms with Gasteiger partial charge in [-0.3, -0.25) is 4.79 Å². The van der Waals surface area contributed by atoms with Gasteiger partial charge in [-0.25, -0.2) is 0 Å². The predicted molar refractivity (Wildman–Crippen MR) is 104 cm³/mol. The Hall–Kier alpha value is -2.01. The van der Waals surface area contributed by atoms with Crippen LogP contribution in [0.25, 0.3) is 6.08 Å². The molecule has 1 N–H and O–H groups in total. The first-order chi connectivity index (χ1) is 12.1. The van der Waals surface area contributed by atoms with E-state index in [2.05, 4.69) is 10.2 Å². The third-order valence-corrected chi connectivity index (χ3v) is 4.57. The first kappa shape index (κ1) is 17.8. The summed E-state index contributed by atoms with van der Waals surface area (Å²) in [5.41, 5.74) is 2.49. The van der Waals surface area contributed by atoms with Crippen LogP contribution in [0.15, 0.2) is 48.5 Å². The molecule has 0 saturated carbocycles. The SMILES string of the molecule is O=C(C=Cc1c(Cl)cccc1Cl)Nc1ccc(N2CCOCC2)cc1. The molecule has 0 radical (unpaired) electrons. The second kappa shape index (κ2) is 8.39. The van der Waals surface area contributed by atoms with Gasteiger partial charge >= 0.3 is 0 Å². The molecule has 3 rings (SSSR count). The zero-order valence-corrected chi connectivity index (χ0v) is 15.1. The van der Waals surface area contributed by atoms with E-state index in [0.29, 0.717) is 15.6 Å². The van der Waals surface area contributed by atoms with E-state index in [1.54, 1.807) is 24.3 Å². The van der Waals surface area contributed by atoms with Gasteiger partial charge in [0, 0.05) is 46.1 Å². The Labute approximate surface area is 157 Å². The van der Waals surface area contributed by atoms with Crippen LogP contribution in [0.5, 0.6) is 0 Å². The third-order valence-electron chi connectivity index (χ3n) is 3.91. The number of nitrogens with one attached hydrogen (secondary N) is 1. The van der Waals surface area contributed by atoms with Crippen molar-refractivity contribution >= 4 is 46.6 Å². The van der Waals surface area contributed by atoms with Gasteiger partial charge in [0.05, 0.1) is 13.2 Å². The van der Waals surface area contributed by atoms with Gasteiger partial charge in [-0.15, -0.1) is 0 Å². The van der Waals surface area contributed by atoms with Crippen LogP contribution in [-0.2, 0) is 9.53 Å². The molecule has 0 atom stereocenters. The first-order valence-corrected chi connectivity index (χ1v) is 8.75. The smallest absolute Gasteiger partial charge is 0.248 e. The number of anilines is 2. The Bertz CT molecular complexity index is 749. The Morgan fingerprint density at radius 3 is 2.32 bits per heavy atom. The first-order valence-electron chi connectivity index (χ1n) is 7.99. The monoisotopic (exact) mass is 376 g/mol. The average molecular weight is 377 g/mol. The number of benzene rings is 2. The maximum Gasteiger partial charge on any atom is 0.248 e. The predicted octanol–water partition coefficient (Wildman–Crippen LogP) is 4.48. The highest BCUT2D eigenvalue weighted by molar-refractivity contribution is 6.37. The quantitative estimate of drug-likeness (QED) is 0.799. The van der Waals surface area contributed by atoms with Gasteiger partial charge < -0.3 is 15.0 Å². The number of hydrogen-bond acceptors (Lipinski definition) is 3. The summed E-state index contributed by atoms with van der Waals surface area (Å²) >= 11 is 12.2. The van der Waals surface area contributed by atoms with Gasteiger partial charge in [0.15, 0.2) is 0 Å². The highest BCUT2D eigenvalue weighted by Gasteiger charge is 2.11. The van der Waals surface area contributed by atoms with Crippen LogP contribution in [0.4, 0.5) is 11.4 Å². The van der Waals surface area contributed by atoms with Gasteiger partial charge in [-0.05, 0) is 42.5 Å². The maximum atomic E-state index is 12.1. The van der Waals surface area contributed by atoms with Crippen LogP contribution in [-0.4, -0.2) is 32.2 Å². The van der Waals surface area contributed by atoms with Crippen LogP contribution in [0, 0.1) is 0 Å². The number of carbonyl (C=O) groups excluding carboxylic acids is 1. The topological polar surface area (TPSA) is 41.6 Å². The van der Waals surface area contributed by atoms with E-state index in [4.69, 9.17) is 27.9 Å². The standard InChI is InChI=1S/C19H18Cl2N2O2/c20-17-2-1-3-18(21)16(17)8-9-19(24)22-14-4-6-15(7-5-14)23-10-12-25-13-11-23/h1-9H,10-13H2,(H,22,24). The maximum absolute atomic E-state index is 12.1. The molecule has 0 aliphatic carbocycles. The molecular weight excluding hydrogens is 359 g/mol. The minimum atomic E-state index is -0.241. The molecule has 2 aromatic rings. The van der Waals surface area contributed by atoms with E-state index in [1.165, 1.54) is 6.08 Å². The summed E-state index contributed by atoms with van der Waals surface area (Å²) in [6.07, 6.45) is 3.03. The van der Waals surface area contributed by atoms with Crippen molar-refractivity contribution in [3.63, 3.8) is 0 Å². The van der Waals surface area contributed by atoms with E-state index in [0.717, 1.165) is 37.7 Å². The molecule has 6 heteroatoms. The number of nitrogens with zero attached hydrogens (tertiary/aromatic N) is 1.